The zero-order valence-electron chi connectivity index (χ0n) is 15.2. The summed E-state index contributed by atoms with van der Waals surface area (Å²) in [6, 6.07) is 11.3. The first kappa shape index (κ1) is 17.3. The molecular formula is C19H22N6O2. The van der Waals surface area contributed by atoms with Gasteiger partial charge < -0.3 is 14.7 Å². The number of carbonyl (C=O) groups is 1. The van der Waals surface area contributed by atoms with Crippen molar-refractivity contribution in [1.29, 1.82) is 0 Å². The molecule has 1 atom stereocenters. The molecule has 0 bridgehead atoms. The third-order valence-electron chi connectivity index (χ3n) is 4.87. The first-order valence-corrected chi connectivity index (χ1v) is 9.13. The van der Waals surface area contributed by atoms with Gasteiger partial charge in [-0.1, -0.05) is 35.5 Å². The summed E-state index contributed by atoms with van der Waals surface area (Å²) in [4.78, 5) is 19.1. The van der Waals surface area contributed by atoms with Gasteiger partial charge in [0.15, 0.2) is 0 Å². The van der Waals surface area contributed by atoms with Crippen molar-refractivity contribution in [1.82, 2.24) is 30.1 Å². The second kappa shape index (κ2) is 7.61. The lowest BCUT2D eigenvalue weighted by Gasteiger charge is -2.33. The second-order valence-electron chi connectivity index (χ2n) is 6.63. The largest absolute Gasteiger partial charge is 0.337 e. The number of carbonyl (C=O) groups excluding carboxylic acids is 1. The molecule has 0 spiro atoms. The van der Waals surface area contributed by atoms with Crippen LogP contribution in [-0.2, 0) is 13.6 Å². The summed E-state index contributed by atoms with van der Waals surface area (Å²) in [6.07, 6.45) is 4.53. The van der Waals surface area contributed by atoms with E-state index in [1.807, 2.05) is 43.4 Å². The number of nitrogens with one attached hydrogen (secondary N) is 1. The maximum Gasteiger partial charge on any atom is 0.318 e. The highest BCUT2D eigenvalue weighted by atomic mass is 16.5. The molecule has 1 saturated heterocycles. The number of hydrogen-bond donors (Lipinski definition) is 1. The SMILES string of the molecule is Cn1nccc1CNC(=O)N1CCCCC1c1nc(-c2ccccc2)no1. The van der Waals surface area contributed by atoms with Crippen LogP contribution in [0.5, 0.6) is 0 Å². The Morgan fingerprint density at radius 2 is 2.11 bits per heavy atom. The first-order chi connectivity index (χ1) is 13.2. The van der Waals surface area contributed by atoms with E-state index in [2.05, 4.69) is 20.6 Å². The zero-order chi connectivity index (χ0) is 18.6. The van der Waals surface area contributed by atoms with Gasteiger partial charge in [0.1, 0.15) is 6.04 Å². The van der Waals surface area contributed by atoms with Crippen LogP contribution in [0.3, 0.4) is 0 Å². The molecule has 1 aromatic carbocycles. The number of nitrogens with zero attached hydrogens (tertiary/aromatic N) is 5. The fraction of sp³-hybridized carbons (Fsp3) is 0.368. The fourth-order valence-electron chi connectivity index (χ4n) is 3.35. The maximum atomic E-state index is 12.8. The average molecular weight is 366 g/mol. The van der Waals surface area contributed by atoms with Gasteiger partial charge in [0, 0.05) is 25.4 Å². The first-order valence-electron chi connectivity index (χ1n) is 9.13. The Bertz CT molecular complexity index is 904. The Labute approximate surface area is 157 Å². The standard InChI is InChI=1S/C19H22N6O2/c1-24-15(10-11-21-24)13-20-19(26)25-12-6-5-9-16(25)18-22-17(23-27-18)14-7-3-2-4-8-14/h2-4,7-8,10-11,16H,5-6,9,12-13H2,1H3,(H,20,26). The lowest BCUT2D eigenvalue weighted by Crippen LogP contribution is -2.44. The van der Waals surface area contributed by atoms with Crippen LogP contribution in [0.2, 0.25) is 0 Å². The fourth-order valence-corrected chi connectivity index (χ4v) is 3.35. The van der Waals surface area contributed by atoms with Crippen LogP contribution in [0.15, 0.2) is 47.1 Å². The van der Waals surface area contributed by atoms with Crippen LogP contribution in [0, 0.1) is 0 Å². The molecule has 4 rings (SSSR count). The van der Waals surface area contributed by atoms with E-state index >= 15 is 0 Å². The molecule has 1 aliphatic heterocycles. The summed E-state index contributed by atoms with van der Waals surface area (Å²) in [5, 5.41) is 11.2. The minimum atomic E-state index is -0.199. The lowest BCUT2D eigenvalue weighted by molar-refractivity contribution is 0.131. The van der Waals surface area contributed by atoms with Gasteiger partial charge in [-0.2, -0.15) is 10.1 Å². The van der Waals surface area contributed by atoms with Crippen molar-refractivity contribution in [2.45, 2.75) is 31.8 Å². The van der Waals surface area contributed by atoms with E-state index < -0.39 is 0 Å². The van der Waals surface area contributed by atoms with Crippen LogP contribution in [-0.4, -0.2) is 37.4 Å². The number of amides is 2. The van der Waals surface area contributed by atoms with Crippen molar-refractivity contribution in [3.63, 3.8) is 0 Å². The normalized spacial score (nSPS) is 17.1. The summed E-state index contributed by atoms with van der Waals surface area (Å²) >= 11 is 0. The van der Waals surface area contributed by atoms with Crippen molar-refractivity contribution in [3.05, 3.63) is 54.2 Å². The van der Waals surface area contributed by atoms with Crippen LogP contribution >= 0.6 is 0 Å². The number of urea groups is 1. The van der Waals surface area contributed by atoms with Gasteiger partial charge in [0.2, 0.25) is 11.7 Å². The molecular weight excluding hydrogens is 344 g/mol. The van der Waals surface area contributed by atoms with Crippen molar-refractivity contribution in [2.75, 3.05) is 6.54 Å². The van der Waals surface area contributed by atoms with Crippen molar-refractivity contribution in [3.8, 4) is 11.4 Å². The lowest BCUT2D eigenvalue weighted by atomic mass is 10.0. The molecule has 1 unspecified atom stereocenters. The highest BCUT2D eigenvalue weighted by Gasteiger charge is 2.32. The summed E-state index contributed by atoms with van der Waals surface area (Å²) in [7, 11) is 1.86. The smallest absolute Gasteiger partial charge is 0.318 e. The van der Waals surface area contributed by atoms with E-state index in [1.54, 1.807) is 15.8 Å². The van der Waals surface area contributed by atoms with Gasteiger partial charge in [-0.15, -0.1) is 0 Å². The van der Waals surface area contributed by atoms with E-state index in [9.17, 15) is 4.79 Å². The summed E-state index contributed by atoms with van der Waals surface area (Å²) in [5.74, 6) is 1.04. The molecule has 3 heterocycles. The highest BCUT2D eigenvalue weighted by Crippen LogP contribution is 2.31. The monoisotopic (exact) mass is 366 g/mol. The van der Waals surface area contributed by atoms with Crippen LogP contribution < -0.4 is 5.32 Å². The van der Waals surface area contributed by atoms with Crippen molar-refractivity contribution >= 4 is 6.03 Å². The Morgan fingerprint density at radius 3 is 2.89 bits per heavy atom. The molecule has 140 valence electrons. The summed E-state index contributed by atoms with van der Waals surface area (Å²) < 4.78 is 7.26. The average Bonchev–Trinajstić information content (AvgIpc) is 3.36. The van der Waals surface area contributed by atoms with E-state index in [0.29, 0.717) is 24.8 Å². The number of piperidine rings is 1. The Balaban J connectivity index is 1.48. The molecule has 0 radical (unpaired) electrons. The third-order valence-corrected chi connectivity index (χ3v) is 4.87. The molecule has 8 nitrogen and oxygen atoms in total. The maximum absolute atomic E-state index is 12.8. The minimum absolute atomic E-state index is 0.125. The molecule has 2 amide bonds. The predicted molar refractivity (Wildman–Crippen MR) is 98.5 cm³/mol. The second-order valence-corrected chi connectivity index (χ2v) is 6.63. The van der Waals surface area contributed by atoms with Crippen molar-refractivity contribution in [2.24, 2.45) is 7.05 Å². The third kappa shape index (κ3) is 3.69. The minimum Gasteiger partial charge on any atom is -0.337 e. The zero-order valence-corrected chi connectivity index (χ0v) is 15.2. The number of aromatic nitrogens is 4. The molecule has 1 fully saturated rings. The van der Waals surface area contributed by atoms with Gasteiger partial charge in [-0.25, -0.2) is 4.79 Å². The quantitative estimate of drug-likeness (QED) is 0.767. The molecule has 0 saturated carbocycles. The number of hydrogen-bond acceptors (Lipinski definition) is 5. The van der Waals surface area contributed by atoms with Crippen LogP contribution in [0.1, 0.15) is 36.9 Å². The Hall–Kier alpha value is -3.16. The topological polar surface area (TPSA) is 89.1 Å². The number of benzene rings is 1. The Morgan fingerprint density at radius 1 is 1.26 bits per heavy atom. The van der Waals surface area contributed by atoms with E-state index in [0.717, 1.165) is 30.5 Å². The van der Waals surface area contributed by atoms with Gasteiger partial charge in [0.05, 0.1) is 12.2 Å². The van der Waals surface area contributed by atoms with Crippen LogP contribution in [0.25, 0.3) is 11.4 Å². The Kier molecular flexibility index (Phi) is 4.86. The predicted octanol–water partition coefficient (Wildman–Crippen LogP) is 2.91. The molecule has 3 aromatic rings. The summed E-state index contributed by atoms with van der Waals surface area (Å²) in [6.45, 7) is 1.10. The van der Waals surface area contributed by atoms with Crippen LogP contribution in [0.4, 0.5) is 4.79 Å². The number of rotatable bonds is 4. The van der Waals surface area contributed by atoms with E-state index in [-0.39, 0.29) is 12.1 Å². The van der Waals surface area contributed by atoms with Gasteiger partial charge >= 0.3 is 6.03 Å². The number of likely N-dealkylation sites (tertiary alicyclic amines) is 1. The van der Waals surface area contributed by atoms with E-state index in [4.69, 9.17) is 4.52 Å². The number of aryl methyl sites for hydroxylation is 1. The molecule has 2 aromatic heterocycles. The van der Waals surface area contributed by atoms with E-state index in [1.165, 1.54) is 0 Å². The summed E-state index contributed by atoms with van der Waals surface area (Å²) in [5.41, 5.74) is 1.84. The highest BCUT2D eigenvalue weighted by molar-refractivity contribution is 5.74. The molecule has 27 heavy (non-hydrogen) atoms. The van der Waals surface area contributed by atoms with Crippen molar-refractivity contribution < 1.29 is 9.32 Å². The molecule has 0 aliphatic carbocycles. The molecule has 1 aliphatic rings. The molecule has 1 N–H and O–H groups in total. The molecule has 8 heteroatoms. The van der Waals surface area contributed by atoms with Gasteiger partial charge in [-0.05, 0) is 25.3 Å². The van der Waals surface area contributed by atoms with Gasteiger partial charge in [0.25, 0.3) is 0 Å². The van der Waals surface area contributed by atoms with Gasteiger partial charge in [-0.3, -0.25) is 4.68 Å².